The molecule has 15 heavy (non-hydrogen) atoms. The standard InChI is InChI=1S/C11H13Cl3S/c1-11(2,3)15-10(14)8-5-4-7(12)6-9(8)13/h4-6,10H,1-3H3. The van der Waals surface area contributed by atoms with Gasteiger partial charge in [-0.1, -0.05) is 50.0 Å². The zero-order valence-electron chi connectivity index (χ0n) is 8.85. The highest BCUT2D eigenvalue weighted by Gasteiger charge is 2.20. The minimum Gasteiger partial charge on any atom is -0.131 e. The van der Waals surface area contributed by atoms with Crippen LogP contribution in [0.3, 0.4) is 0 Å². The normalized spacial score (nSPS) is 14.0. The van der Waals surface area contributed by atoms with Gasteiger partial charge in [0.15, 0.2) is 0 Å². The van der Waals surface area contributed by atoms with Crippen molar-refractivity contribution in [3.8, 4) is 0 Å². The highest BCUT2D eigenvalue weighted by molar-refractivity contribution is 8.01. The van der Waals surface area contributed by atoms with Crippen molar-refractivity contribution in [2.75, 3.05) is 0 Å². The van der Waals surface area contributed by atoms with Gasteiger partial charge in [0.05, 0.1) is 0 Å². The second-order valence-electron chi connectivity index (χ2n) is 4.21. The average molecular weight is 284 g/mol. The van der Waals surface area contributed by atoms with Crippen molar-refractivity contribution < 1.29 is 0 Å². The second kappa shape index (κ2) is 5.18. The maximum Gasteiger partial charge on any atom is 0.106 e. The summed E-state index contributed by atoms with van der Waals surface area (Å²) in [5, 5.41) is 1.26. The fraction of sp³-hybridized carbons (Fsp3) is 0.455. The quantitative estimate of drug-likeness (QED) is 0.622. The van der Waals surface area contributed by atoms with Gasteiger partial charge in [0, 0.05) is 14.8 Å². The van der Waals surface area contributed by atoms with Crippen molar-refractivity contribution >= 4 is 46.6 Å². The first kappa shape index (κ1) is 13.5. The van der Waals surface area contributed by atoms with Gasteiger partial charge in [-0.2, -0.15) is 0 Å². The molecule has 0 nitrogen and oxygen atoms in total. The molecule has 0 saturated heterocycles. The number of benzene rings is 1. The van der Waals surface area contributed by atoms with Crippen LogP contribution in [0.1, 0.15) is 31.0 Å². The van der Waals surface area contributed by atoms with E-state index in [2.05, 4.69) is 20.8 Å². The third kappa shape index (κ3) is 4.44. The summed E-state index contributed by atoms with van der Waals surface area (Å²) in [5.74, 6) is 0. The minimum atomic E-state index is -0.144. The maximum absolute atomic E-state index is 6.28. The molecule has 1 unspecified atom stereocenters. The lowest BCUT2D eigenvalue weighted by molar-refractivity contribution is 0.801. The molecule has 1 rings (SSSR count). The molecular weight excluding hydrogens is 271 g/mol. The van der Waals surface area contributed by atoms with Crippen LogP contribution in [0.4, 0.5) is 0 Å². The first-order valence-corrected chi connectivity index (χ1v) is 6.63. The Morgan fingerprint density at radius 2 is 1.80 bits per heavy atom. The molecule has 0 N–H and O–H groups in total. The molecule has 1 aromatic rings. The average Bonchev–Trinajstić information content (AvgIpc) is 1.99. The number of hydrogen-bond donors (Lipinski definition) is 0. The van der Waals surface area contributed by atoms with Crippen LogP contribution in [0.25, 0.3) is 0 Å². The Morgan fingerprint density at radius 3 is 2.27 bits per heavy atom. The Kier molecular flexibility index (Phi) is 4.66. The third-order valence-electron chi connectivity index (χ3n) is 1.66. The van der Waals surface area contributed by atoms with Gasteiger partial charge < -0.3 is 0 Å². The van der Waals surface area contributed by atoms with E-state index in [1.165, 1.54) is 0 Å². The Hall–Kier alpha value is 0.440. The van der Waals surface area contributed by atoms with Gasteiger partial charge in [-0.25, -0.2) is 0 Å². The fourth-order valence-corrected chi connectivity index (χ4v) is 3.64. The summed E-state index contributed by atoms with van der Waals surface area (Å²) < 4.78 is -0.0372. The van der Waals surface area contributed by atoms with Crippen molar-refractivity contribution in [1.29, 1.82) is 0 Å². The highest BCUT2D eigenvalue weighted by atomic mass is 35.5. The molecule has 0 aliphatic rings. The number of hydrogen-bond acceptors (Lipinski definition) is 1. The Bertz CT molecular complexity index is 344. The number of thioether (sulfide) groups is 1. The lowest BCUT2D eigenvalue weighted by atomic mass is 10.2. The molecule has 1 aromatic carbocycles. The van der Waals surface area contributed by atoms with Gasteiger partial charge >= 0.3 is 0 Å². The van der Waals surface area contributed by atoms with Crippen LogP contribution in [0, 0.1) is 0 Å². The Morgan fingerprint density at radius 1 is 1.20 bits per heavy atom. The molecular formula is C11H13Cl3S. The Labute approximate surface area is 110 Å². The molecule has 4 heteroatoms. The molecule has 0 aromatic heterocycles. The van der Waals surface area contributed by atoms with E-state index in [4.69, 9.17) is 34.8 Å². The van der Waals surface area contributed by atoms with E-state index < -0.39 is 0 Å². The largest absolute Gasteiger partial charge is 0.131 e. The molecule has 0 aliphatic carbocycles. The Balaban J connectivity index is 2.87. The molecule has 0 amide bonds. The van der Waals surface area contributed by atoms with E-state index in [1.54, 1.807) is 23.9 Å². The molecule has 0 bridgehead atoms. The molecule has 0 heterocycles. The highest BCUT2D eigenvalue weighted by Crippen LogP contribution is 2.43. The number of alkyl halides is 1. The van der Waals surface area contributed by atoms with Crippen LogP contribution in [0.15, 0.2) is 18.2 Å². The summed E-state index contributed by atoms with van der Waals surface area (Å²) in [4.78, 5) is 0. The van der Waals surface area contributed by atoms with Gasteiger partial charge in [0.25, 0.3) is 0 Å². The smallest absolute Gasteiger partial charge is 0.106 e. The first-order valence-electron chi connectivity index (χ1n) is 4.56. The molecule has 0 saturated carbocycles. The summed E-state index contributed by atoms with van der Waals surface area (Å²) in [5.41, 5.74) is 0.919. The first-order chi connectivity index (χ1) is 6.79. The summed E-state index contributed by atoms with van der Waals surface area (Å²) >= 11 is 19.8. The van der Waals surface area contributed by atoms with E-state index in [0.29, 0.717) is 10.0 Å². The van der Waals surface area contributed by atoms with E-state index in [0.717, 1.165) is 5.56 Å². The maximum atomic E-state index is 6.28. The van der Waals surface area contributed by atoms with Gasteiger partial charge in [0.2, 0.25) is 0 Å². The van der Waals surface area contributed by atoms with Gasteiger partial charge in [0.1, 0.15) is 4.71 Å². The molecule has 0 aliphatic heterocycles. The van der Waals surface area contributed by atoms with Gasteiger partial charge in [-0.05, 0) is 17.7 Å². The second-order valence-corrected chi connectivity index (χ2v) is 7.68. The van der Waals surface area contributed by atoms with Crippen LogP contribution in [0.2, 0.25) is 10.0 Å². The van der Waals surface area contributed by atoms with Crippen LogP contribution in [-0.2, 0) is 0 Å². The number of halogens is 3. The predicted molar refractivity (Wildman–Crippen MR) is 72.4 cm³/mol. The van der Waals surface area contributed by atoms with Gasteiger partial charge in [-0.3, -0.25) is 0 Å². The van der Waals surface area contributed by atoms with Crippen LogP contribution in [-0.4, -0.2) is 4.75 Å². The monoisotopic (exact) mass is 282 g/mol. The predicted octanol–water partition coefficient (Wildman–Crippen LogP) is 5.76. The summed E-state index contributed by atoms with van der Waals surface area (Å²) in [6.45, 7) is 6.37. The fourth-order valence-electron chi connectivity index (χ4n) is 1.06. The summed E-state index contributed by atoms with van der Waals surface area (Å²) in [6, 6.07) is 5.40. The van der Waals surface area contributed by atoms with Gasteiger partial charge in [-0.15, -0.1) is 23.4 Å². The lowest BCUT2D eigenvalue weighted by Gasteiger charge is -2.22. The van der Waals surface area contributed by atoms with Crippen LogP contribution in [0.5, 0.6) is 0 Å². The van der Waals surface area contributed by atoms with Crippen LogP contribution < -0.4 is 0 Å². The summed E-state index contributed by atoms with van der Waals surface area (Å²) in [6.07, 6.45) is 0. The SMILES string of the molecule is CC(C)(C)SC(Cl)c1ccc(Cl)cc1Cl. The van der Waals surface area contributed by atoms with E-state index in [9.17, 15) is 0 Å². The van der Waals surface area contributed by atoms with E-state index in [-0.39, 0.29) is 9.46 Å². The van der Waals surface area contributed by atoms with Crippen molar-refractivity contribution in [3.05, 3.63) is 33.8 Å². The van der Waals surface area contributed by atoms with Crippen molar-refractivity contribution in [1.82, 2.24) is 0 Å². The van der Waals surface area contributed by atoms with Crippen molar-refractivity contribution in [2.24, 2.45) is 0 Å². The topological polar surface area (TPSA) is 0 Å². The molecule has 1 atom stereocenters. The van der Waals surface area contributed by atoms with Crippen molar-refractivity contribution in [2.45, 2.75) is 30.2 Å². The zero-order chi connectivity index (χ0) is 11.6. The molecule has 0 fully saturated rings. The van der Waals surface area contributed by atoms with E-state index in [1.807, 2.05) is 6.07 Å². The minimum absolute atomic E-state index is 0.107. The molecule has 84 valence electrons. The molecule has 0 spiro atoms. The third-order valence-corrected chi connectivity index (χ3v) is 3.90. The van der Waals surface area contributed by atoms with Crippen LogP contribution >= 0.6 is 46.6 Å². The number of rotatable bonds is 2. The molecule has 0 radical (unpaired) electrons. The van der Waals surface area contributed by atoms with Crippen molar-refractivity contribution in [3.63, 3.8) is 0 Å². The summed E-state index contributed by atoms with van der Waals surface area (Å²) in [7, 11) is 0. The zero-order valence-corrected chi connectivity index (χ0v) is 11.9. The van der Waals surface area contributed by atoms with E-state index >= 15 is 0 Å². The lowest BCUT2D eigenvalue weighted by Crippen LogP contribution is -2.09.